The van der Waals surface area contributed by atoms with Crippen molar-refractivity contribution in [3.63, 3.8) is 0 Å². The summed E-state index contributed by atoms with van der Waals surface area (Å²) >= 11 is 0. The standard InChI is InChI=1S/C15H20N2O2/c1-2-9-19-14-6-4-3-5-12(14)15(18)17-13(10-16)11-7-8-11/h2-6,11,13H,1,7-10,16H2,(H,17,18). The van der Waals surface area contributed by atoms with E-state index in [1.165, 1.54) is 0 Å². The summed E-state index contributed by atoms with van der Waals surface area (Å²) in [6.07, 6.45) is 3.95. The number of amides is 1. The smallest absolute Gasteiger partial charge is 0.255 e. The summed E-state index contributed by atoms with van der Waals surface area (Å²) < 4.78 is 5.49. The van der Waals surface area contributed by atoms with Crippen LogP contribution in [0.2, 0.25) is 0 Å². The number of para-hydroxylation sites is 1. The first-order chi connectivity index (χ1) is 9.26. The van der Waals surface area contributed by atoms with Crippen LogP contribution in [-0.2, 0) is 0 Å². The van der Waals surface area contributed by atoms with Crippen LogP contribution in [-0.4, -0.2) is 25.1 Å². The Labute approximate surface area is 113 Å². The molecular weight excluding hydrogens is 240 g/mol. The van der Waals surface area contributed by atoms with Gasteiger partial charge in [-0.15, -0.1) is 0 Å². The van der Waals surface area contributed by atoms with Crippen LogP contribution >= 0.6 is 0 Å². The Hall–Kier alpha value is -1.81. The highest BCUT2D eigenvalue weighted by atomic mass is 16.5. The van der Waals surface area contributed by atoms with Gasteiger partial charge in [0, 0.05) is 12.6 Å². The van der Waals surface area contributed by atoms with Crippen molar-refractivity contribution in [3.8, 4) is 5.75 Å². The van der Waals surface area contributed by atoms with Crippen LogP contribution < -0.4 is 15.8 Å². The van der Waals surface area contributed by atoms with Gasteiger partial charge >= 0.3 is 0 Å². The Bertz CT molecular complexity index is 455. The van der Waals surface area contributed by atoms with E-state index in [-0.39, 0.29) is 11.9 Å². The van der Waals surface area contributed by atoms with E-state index in [2.05, 4.69) is 11.9 Å². The first-order valence-electron chi connectivity index (χ1n) is 6.60. The second kappa shape index (κ2) is 6.38. The molecule has 4 heteroatoms. The van der Waals surface area contributed by atoms with Gasteiger partial charge in [-0.05, 0) is 30.9 Å². The van der Waals surface area contributed by atoms with Gasteiger partial charge in [-0.25, -0.2) is 0 Å². The number of ether oxygens (including phenoxy) is 1. The number of benzene rings is 1. The Morgan fingerprint density at radius 3 is 2.89 bits per heavy atom. The van der Waals surface area contributed by atoms with Gasteiger partial charge in [-0.3, -0.25) is 4.79 Å². The van der Waals surface area contributed by atoms with E-state index in [9.17, 15) is 4.79 Å². The monoisotopic (exact) mass is 260 g/mol. The molecule has 0 heterocycles. The molecule has 0 spiro atoms. The fourth-order valence-corrected chi connectivity index (χ4v) is 2.04. The molecule has 0 aliphatic heterocycles. The number of carbonyl (C=O) groups excluding carboxylic acids is 1. The van der Waals surface area contributed by atoms with Crippen LogP contribution in [0.4, 0.5) is 0 Å². The molecule has 1 aliphatic carbocycles. The number of carbonyl (C=O) groups is 1. The van der Waals surface area contributed by atoms with Gasteiger partial charge in [0.05, 0.1) is 5.56 Å². The maximum atomic E-state index is 12.3. The predicted molar refractivity (Wildman–Crippen MR) is 75.2 cm³/mol. The van der Waals surface area contributed by atoms with Gasteiger partial charge in [-0.2, -0.15) is 0 Å². The summed E-state index contributed by atoms with van der Waals surface area (Å²) in [5.74, 6) is 0.990. The Balaban J connectivity index is 2.06. The average molecular weight is 260 g/mol. The van der Waals surface area contributed by atoms with Gasteiger partial charge < -0.3 is 15.8 Å². The number of nitrogens with one attached hydrogen (secondary N) is 1. The minimum atomic E-state index is -0.123. The Kier molecular flexibility index (Phi) is 4.58. The molecule has 1 amide bonds. The second-order valence-corrected chi connectivity index (χ2v) is 4.75. The molecule has 0 radical (unpaired) electrons. The summed E-state index contributed by atoms with van der Waals surface area (Å²) in [4.78, 5) is 12.3. The van der Waals surface area contributed by atoms with Crippen molar-refractivity contribution in [2.24, 2.45) is 11.7 Å². The number of hydrogen-bond acceptors (Lipinski definition) is 3. The molecule has 1 unspecified atom stereocenters. The zero-order valence-corrected chi connectivity index (χ0v) is 11.0. The van der Waals surface area contributed by atoms with Crippen LogP contribution in [0.5, 0.6) is 5.75 Å². The van der Waals surface area contributed by atoms with Crippen LogP contribution in [0.3, 0.4) is 0 Å². The molecule has 1 atom stereocenters. The first-order valence-corrected chi connectivity index (χ1v) is 6.60. The lowest BCUT2D eigenvalue weighted by Gasteiger charge is -2.17. The third-order valence-electron chi connectivity index (χ3n) is 3.25. The van der Waals surface area contributed by atoms with Gasteiger partial charge in [0.15, 0.2) is 0 Å². The van der Waals surface area contributed by atoms with Crippen molar-refractivity contribution in [1.29, 1.82) is 0 Å². The van der Waals surface area contributed by atoms with E-state index >= 15 is 0 Å². The van der Waals surface area contributed by atoms with Crippen LogP contribution in [0.1, 0.15) is 23.2 Å². The van der Waals surface area contributed by atoms with Crippen molar-refractivity contribution in [2.45, 2.75) is 18.9 Å². The molecule has 1 saturated carbocycles. The molecule has 102 valence electrons. The van der Waals surface area contributed by atoms with Gasteiger partial charge in [0.2, 0.25) is 0 Å². The SMILES string of the molecule is C=CCOc1ccccc1C(=O)NC(CN)C1CC1. The largest absolute Gasteiger partial charge is 0.489 e. The molecule has 0 aromatic heterocycles. The third kappa shape index (κ3) is 3.58. The van der Waals surface area contributed by atoms with E-state index < -0.39 is 0 Å². The van der Waals surface area contributed by atoms with Crippen molar-refractivity contribution < 1.29 is 9.53 Å². The highest BCUT2D eigenvalue weighted by molar-refractivity contribution is 5.97. The molecule has 1 aromatic carbocycles. The molecular formula is C15H20N2O2. The van der Waals surface area contributed by atoms with Crippen LogP contribution in [0.15, 0.2) is 36.9 Å². The van der Waals surface area contributed by atoms with Crippen molar-refractivity contribution in [3.05, 3.63) is 42.5 Å². The molecule has 19 heavy (non-hydrogen) atoms. The number of nitrogens with two attached hydrogens (primary N) is 1. The fourth-order valence-electron chi connectivity index (χ4n) is 2.04. The minimum Gasteiger partial charge on any atom is -0.489 e. The minimum absolute atomic E-state index is 0.0694. The van der Waals surface area contributed by atoms with E-state index in [0.717, 1.165) is 12.8 Å². The summed E-state index contributed by atoms with van der Waals surface area (Å²) in [5.41, 5.74) is 6.24. The molecule has 2 rings (SSSR count). The van der Waals surface area contributed by atoms with Crippen LogP contribution in [0, 0.1) is 5.92 Å². The topological polar surface area (TPSA) is 64.3 Å². The fraction of sp³-hybridized carbons (Fsp3) is 0.400. The molecule has 4 nitrogen and oxygen atoms in total. The maximum Gasteiger partial charge on any atom is 0.255 e. The highest BCUT2D eigenvalue weighted by Crippen LogP contribution is 2.32. The molecule has 1 fully saturated rings. The predicted octanol–water partition coefficient (Wildman–Crippen LogP) is 1.72. The van der Waals surface area contributed by atoms with E-state index in [0.29, 0.717) is 30.4 Å². The first kappa shape index (κ1) is 13.6. The quantitative estimate of drug-likeness (QED) is 0.734. The Morgan fingerprint density at radius 1 is 1.53 bits per heavy atom. The van der Waals surface area contributed by atoms with E-state index in [4.69, 9.17) is 10.5 Å². The van der Waals surface area contributed by atoms with Crippen molar-refractivity contribution in [1.82, 2.24) is 5.32 Å². The molecule has 3 N–H and O–H groups in total. The maximum absolute atomic E-state index is 12.3. The average Bonchev–Trinajstić information content (AvgIpc) is 3.27. The zero-order valence-electron chi connectivity index (χ0n) is 11.0. The molecule has 1 aliphatic rings. The zero-order chi connectivity index (χ0) is 13.7. The molecule has 0 saturated heterocycles. The van der Waals surface area contributed by atoms with Crippen molar-refractivity contribution >= 4 is 5.91 Å². The normalized spacial score (nSPS) is 15.6. The van der Waals surface area contributed by atoms with Crippen LogP contribution in [0.25, 0.3) is 0 Å². The lowest BCUT2D eigenvalue weighted by Crippen LogP contribution is -2.41. The number of rotatable bonds is 7. The summed E-state index contributed by atoms with van der Waals surface area (Å²) in [6, 6.07) is 7.28. The third-order valence-corrected chi connectivity index (χ3v) is 3.25. The van der Waals surface area contributed by atoms with E-state index in [1.54, 1.807) is 18.2 Å². The summed E-state index contributed by atoms with van der Waals surface area (Å²) in [6.45, 7) is 4.46. The molecule has 1 aromatic rings. The lowest BCUT2D eigenvalue weighted by atomic mass is 10.1. The van der Waals surface area contributed by atoms with Crippen molar-refractivity contribution in [2.75, 3.05) is 13.2 Å². The van der Waals surface area contributed by atoms with Gasteiger partial charge in [0.1, 0.15) is 12.4 Å². The highest BCUT2D eigenvalue weighted by Gasteiger charge is 2.31. The van der Waals surface area contributed by atoms with E-state index in [1.807, 2.05) is 12.1 Å². The van der Waals surface area contributed by atoms with Gasteiger partial charge in [0.25, 0.3) is 5.91 Å². The second-order valence-electron chi connectivity index (χ2n) is 4.75. The summed E-state index contributed by atoms with van der Waals surface area (Å²) in [5, 5.41) is 2.99. The van der Waals surface area contributed by atoms with Gasteiger partial charge in [-0.1, -0.05) is 24.8 Å². The Morgan fingerprint density at radius 2 is 2.26 bits per heavy atom. The summed E-state index contributed by atoms with van der Waals surface area (Å²) in [7, 11) is 0. The number of hydrogen-bond donors (Lipinski definition) is 2. The lowest BCUT2D eigenvalue weighted by molar-refractivity contribution is 0.0930. The molecule has 0 bridgehead atoms.